The van der Waals surface area contributed by atoms with Crippen molar-refractivity contribution >= 4 is 22.6 Å². The molecular weight excluding hydrogens is 260 g/mol. The third kappa shape index (κ3) is 1.96. The molecule has 1 heterocycles. The van der Waals surface area contributed by atoms with Crippen LogP contribution < -0.4 is 0 Å². The molecule has 0 unspecified atom stereocenters. The Balaban J connectivity index is 2.33. The Labute approximate surface area is 116 Å². The van der Waals surface area contributed by atoms with Gasteiger partial charge in [0.1, 0.15) is 11.6 Å². The first-order valence-corrected chi connectivity index (χ1v) is 6.52. The lowest BCUT2D eigenvalue weighted by atomic mass is 10.2. The fourth-order valence-electron chi connectivity index (χ4n) is 2.29. The van der Waals surface area contributed by atoms with E-state index in [1.165, 1.54) is 0 Å². The fourth-order valence-corrected chi connectivity index (χ4v) is 2.49. The van der Waals surface area contributed by atoms with Gasteiger partial charge in [-0.05, 0) is 37.3 Å². The van der Waals surface area contributed by atoms with Gasteiger partial charge in [-0.25, -0.2) is 4.98 Å². The number of benzene rings is 2. The molecule has 0 radical (unpaired) electrons. The molecule has 3 aromatic rings. The summed E-state index contributed by atoms with van der Waals surface area (Å²) < 4.78 is 2.09. The highest BCUT2D eigenvalue weighted by Gasteiger charge is 2.14. The number of phenolic OH excluding ortho intramolecular Hbond substituents is 1. The topological polar surface area (TPSA) is 38.0 Å². The number of phenols is 1. The largest absolute Gasteiger partial charge is 0.508 e. The number of imidazole rings is 1. The average molecular weight is 273 g/mol. The lowest BCUT2D eigenvalue weighted by Crippen LogP contribution is -1.97. The maximum atomic E-state index is 9.64. The number of hydrogen-bond donors (Lipinski definition) is 1. The molecular formula is C15H13ClN2O. The van der Waals surface area contributed by atoms with E-state index in [0.717, 1.165) is 29.0 Å². The molecule has 1 aromatic heterocycles. The number of fused-ring (bicyclic) bond motifs is 1. The Bertz CT molecular complexity index is 749. The van der Waals surface area contributed by atoms with Crippen molar-refractivity contribution in [3.8, 4) is 17.1 Å². The first kappa shape index (κ1) is 12.1. The molecule has 19 heavy (non-hydrogen) atoms. The molecule has 0 saturated heterocycles. The number of halogens is 1. The van der Waals surface area contributed by atoms with Crippen LogP contribution in [0.15, 0.2) is 42.5 Å². The molecule has 0 saturated carbocycles. The smallest absolute Gasteiger partial charge is 0.142 e. The number of aromatic nitrogens is 2. The third-order valence-electron chi connectivity index (χ3n) is 3.16. The Morgan fingerprint density at radius 2 is 2.00 bits per heavy atom. The zero-order chi connectivity index (χ0) is 13.4. The fraction of sp³-hybridized carbons (Fsp3) is 0.133. The second-order valence-electron chi connectivity index (χ2n) is 4.33. The standard InChI is InChI=1S/C15H13ClN2O/c1-2-18-14-6-4-3-5-13(14)17-15(18)11-9-10(19)7-8-12(11)16/h3-9,19H,2H2,1H3. The summed E-state index contributed by atoms with van der Waals surface area (Å²) in [7, 11) is 0. The van der Waals surface area contributed by atoms with Gasteiger partial charge >= 0.3 is 0 Å². The minimum Gasteiger partial charge on any atom is -0.508 e. The molecule has 0 aliphatic carbocycles. The molecule has 0 bridgehead atoms. The molecule has 1 N–H and O–H groups in total. The van der Waals surface area contributed by atoms with Gasteiger partial charge in [0.25, 0.3) is 0 Å². The van der Waals surface area contributed by atoms with Crippen LogP contribution in [0.1, 0.15) is 6.92 Å². The SMILES string of the molecule is CCn1c(-c2cc(O)ccc2Cl)nc2ccccc21. The van der Waals surface area contributed by atoms with E-state index in [2.05, 4.69) is 16.5 Å². The van der Waals surface area contributed by atoms with Crippen LogP contribution in [0.4, 0.5) is 0 Å². The average Bonchev–Trinajstić information content (AvgIpc) is 2.79. The van der Waals surface area contributed by atoms with E-state index in [-0.39, 0.29) is 5.75 Å². The van der Waals surface area contributed by atoms with Gasteiger partial charge in [0, 0.05) is 12.1 Å². The highest BCUT2D eigenvalue weighted by atomic mass is 35.5. The lowest BCUT2D eigenvalue weighted by Gasteiger charge is -2.08. The van der Waals surface area contributed by atoms with E-state index in [4.69, 9.17) is 11.6 Å². The van der Waals surface area contributed by atoms with Crippen molar-refractivity contribution in [2.24, 2.45) is 0 Å². The number of aryl methyl sites for hydroxylation is 1. The molecule has 4 heteroatoms. The zero-order valence-corrected chi connectivity index (χ0v) is 11.2. The Kier molecular flexibility index (Phi) is 2.91. The number of hydrogen-bond acceptors (Lipinski definition) is 2. The monoisotopic (exact) mass is 272 g/mol. The Hall–Kier alpha value is -2.00. The first-order valence-electron chi connectivity index (χ1n) is 6.15. The van der Waals surface area contributed by atoms with Crippen molar-refractivity contribution in [1.29, 1.82) is 0 Å². The maximum absolute atomic E-state index is 9.64. The summed E-state index contributed by atoms with van der Waals surface area (Å²) >= 11 is 6.22. The van der Waals surface area contributed by atoms with Crippen LogP contribution in [0.2, 0.25) is 5.02 Å². The van der Waals surface area contributed by atoms with Gasteiger partial charge in [0.2, 0.25) is 0 Å². The van der Waals surface area contributed by atoms with Gasteiger partial charge in [-0.1, -0.05) is 23.7 Å². The van der Waals surface area contributed by atoms with Crippen molar-refractivity contribution in [1.82, 2.24) is 9.55 Å². The molecule has 0 aliphatic heterocycles. The van der Waals surface area contributed by atoms with Gasteiger partial charge in [-0.2, -0.15) is 0 Å². The van der Waals surface area contributed by atoms with E-state index in [1.54, 1.807) is 18.2 Å². The lowest BCUT2D eigenvalue weighted by molar-refractivity contribution is 0.475. The first-order chi connectivity index (χ1) is 9.20. The van der Waals surface area contributed by atoms with Crippen molar-refractivity contribution in [3.05, 3.63) is 47.5 Å². The summed E-state index contributed by atoms with van der Waals surface area (Å²) in [4.78, 5) is 4.62. The van der Waals surface area contributed by atoms with Gasteiger partial charge in [0.05, 0.1) is 16.1 Å². The van der Waals surface area contributed by atoms with Gasteiger partial charge in [-0.3, -0.25) is 0 Å². The van der Waals surface area contributed by atoms with E-state index in [9.17, 15) is 5.11 Å². The molecule has 2 aromatic carbocycles. The summed E-state index contributed by atoms with van der Waals surface area (Å²) in [6, 6.07) is 12.9. The van der Waals surface area contributed by atoms with E-state index in [0.29, 0.717) is 5.02 Å². The van der Waals surface area contributed by atoms with E-state index >= 15 is 0 Å². The van der Waals surface area contributed by atoms with Crippen molar-refractivity contribution < 1.29 is 5.11 Å². The van der Waals surface area contributed by atoms with Crippen LogP contribution in [0.5, 0.6) is 5.75 Å². The van der Waals surface area contributed by atoms with Crippen LogP contribution in [0.3, 0.4) is 0 Å². The van der Waals surface area contributed by atoms with E-state index < -0.39 is 0 Å². The predicted molar refractivity (Wildman–Crippen MR) is 77.5 cm³/mol. The maximum Gasteiger partial charge on any atom is 0.142 e. The normalized spacial score (nSPS) is 11.1. The van der Waals surface area contributed by atoms with Crippen molar-refractivity contribution in [2.45, 2.75) is 13.5 Å². The number of nitrogens with zero attached hydrogens (tertiary/aromatic N) is 2. The number of aromatic hydroxyl groups is 1. The minimum atomic E-state index is 0.189. The molecule has 3 rings (SSSR count). The van der Waals surface area contributed by atoms with Crippen LogP contribution in [0.25, 0.3) is 22.4 Å². The second-order valence-corrected chi connectivity index (χ2v) is 4.74. The molecule has 0 atom stereocenters. The highest BCUT2D eigenvalue weighted by Crippen LogP contribution is 2.32. The van der Waals surface area contributed by atoms with Gasteiger partial charge in [0.15, 0.2) is 0 Å². The Morgan fingerprint density at radius 1 is 1.21 bits per heavy atom. The summed E-state index contributed by atoms with van der Waals surface area (Å²) in [5, 5.41) is 10.2. The molecule has 0 spiro atoms. The highest BCUT2D eigenvalue weighted by molar-refractivity contribution is 6.33. The number of para-hydroxylation sites is 2. The van der Waals surface area contributed by atoms with Gasteiger partial charge in [-0.15, -0.1) is 0 Å². The van der Waals surface area contributed by atoms with Crippen molar-refractivity contribution in [3.63, 3.8) is 0 Å². The van der Waals surface area contributed by atoms with Crippen LogP contribution in [-0.4, -0.2) is 14.7 Å². The zero-order valence-electron chi connectivity index (χ0n) is 10.5. The third-order valence-corrected chi connectivity index (χ3v) is 3.49. The summed E-state index contributed by atoms with van der Waals surface area (Å²) in [5.74, 6) is 0.971. The molecule has 0 fully saturated rings. The summed E-state index contributed by atoms with van der Waals surface area (Å²) in [6.07, 6.45) is 0. The molecule has 3 nitrogen and oxygen atoms in total. The quantitative estimate of drug-likeness (QED) is 0.763. The second kappa shape index (κ2) is 4.59. The van der Waals surface area contributed by atoms with Crippen LogP contribution >= 0.6 is 11.6 Å². The molecule has 96 valence electrons. The van der Waals surface area contributed by atoms with Crippen LogP contribution in [-0.2, 0) is 6.54 Å². The van der Waals surface area contributed by atoms with Gasteiger partial charge < -0.3 is 9.67 Å². The molecule has 0 amide bonds. The molecule has 0 aliphatic rings. The minimum absolute atomic E-state index is 0.189. The van der Waals surface area contributed by atoms with Crippen LogP contribution in [0, 0.1) is 0 Å². The Morgan fingerprint density at radius 3 is 2.79 bits per heavy atom. The summed E-state index contributed by atoms with van der Waals surface area (Å²) in [6.45, 7) is 2.86. The number of rotatable bonds is 2. The van der Waals surface area contributed by atoms with Crippen molar-refractivity contribution in [2.75, 3.05) is 0 Å². The predicted octanol–water partition coefficient (Wildman–Crippen LogP) is 4.08. The summed E-state index contributed by atoms with van der Waals surface area (Å²) in [5.41, 5.74) is 2.75. The van der Waals surface area contributed by atoms with E-state index in [1.807, 2.05) is 24.3 Å².